The molecule has 82 valence electrons. The molecule has 0 heterocycles. The summed E-state index contributed by atoms with van der Waals surface area (Å²) in [4.78, 5) is 10.7. The smallest absolute Gasteiger partial charge is 0.331 e. The molecule has 16 heavy (non-hydrogen) atoms. The lowest BCUT2D eigenvalue weighted by atomic mass is 9.99. The van der Waals surface area contributed by atoms with Crippen molar-refractivity contribution in [1.29, 1.82) is 0 Å². The van der Waals surface area contributed by atoms with Crippen molar-refractivity contribution in [2.45, 2.75) is 6.92 Å². The van der Waals surface area contributed by atoms with Crippen molar-refractivity contribution in [2.24, 2.45) is 0 Å². The van der Waals surface area contributed by atoms with Gasteiger partial charge in [-0.15, -0.1) is 0 Å². The predicted molar refractivity (Wildman–Crippen MR) is 67.9 cm³/mol. The zero-order valence-electron chi connectivity index (χ0n) is 9.23. The van der Waals surface area contributed by atoms with Crippen molar-refractivity contribution in [3.63, 3.8) is 0 Å². The summed E-state index contributed by atoms with van der Waals surface area (Å²) in [6.07, 6.45) is 5.06. The molecule has 0 aromatic heterocycles. The van der Waals surface area contributed by atoms with Gasteiger partial charge >= 0.3 is 5.97 Å². The first kappa shape index (κ1) is 12.0. The fourth-order valence-corrected chi connectivity index (χ4v) is 1.44. The van der Waals surface area contributed by atoms with E-state index in [4.69, 9.17) is 5.11 Å². The van der Waals surface area contributed by atoms with E-state index >= 15 is 0 Å². The fourth-order valence-electron chi connectivity index (χ4n) is 1.44. The molecule has 0 saturated heterocycles. The SMILES string of the molecule is C=Cc1cccc(/C=C(\C)C(=O)O)c1C=C. The van der Waals surface area contributed by atoms with Gasteiger partial charge in [-0.05, 0) is 29.7 Å². The van der Waals surface area contributed by atoms with Crippen molar-refractivity contribution in [3.05, 3.63) is 53.6 Å². The van der Waals surface area contributed by atoms with Gasteiger partial charge < -0.3 is 5.11 Å². The van der Waals surface area contributed by atoms with Gasteiger partial charge in [-0.25, -0.2) is 4.79 Å². The number of benzene rings is 1. The summed E-state index contributed by atoms with van der Waals surface area (Å²) in [6, 6.07) is 5.64. The Hall–Kier alpha value is -2.09. The largest absolute Gasteiger partial charge is 0.478 e. The third kappa shape index (κ3) is 2.48. The Balaban J connectivity index is 3.34. The van der Waals surface area contributed by atoms with Crippen LogP contribution < -0.4 is 0 Å². The Morgan fingerprint density at radius 2 is 1.88 bits per heavy atom. The number of rotatable bonds is 4. The van der Waals surface area contributed by atoms with Gasteiger partial charge in [-0.3, -0.25) is 0 Å². The van der Waals surface area contributed by atoms with Gasteiger partial charge in [0.1, 0.15) is 0 Å². The van der Waals surface area contributed by atoms with Gasteiger partial charge in [0.25, 0.3) is 0 Å². The lowest BCUT2D eigenvalue weighted by Crippen LogP contribution is -1.96. The summed E-state index contributed by atoms with van der Waals surface area (Å²) in [5.41, 5.74) is 2.98. The monoisotopic (exact) mass is 214 g/mol. The summed E-state index contributed by atoms with van der Waals surface area (Å²) < 4.78 is 0. The number of carbonyl (C=O) groups is 1. The Morgan fingerprint density at radius 3 is 2.38 bits per heavy atom. The highest BCUT2D eigenvalue weighted by molar-refractivity contribution is 5.92. The molecule has 1 aromatic rings. The molecule has 0 atom stereocenters. The fraction of sp³-hybridized carbons (Fsp3) is 0.0714. The normalized spacial score (nSPS) is 10.9. The molecule has 0 unspecified atom stereocenters. The Labute approximate surface area is 95.2 Å². The molecular weight excluding hydrogens is 200 g/mol. The van der Waals surface area contributed by atoms with Crippen LogP contribution in [0.3, 0.4) is 0 Å². The Bertz CT molecular complexity index is 468. The summed E-state index contributed by atoms with van der Waals surface area (Å²) in [5, 5.41) is 8.82. The van der Waals surface area contributed by atoms with Gasteiger partial charge in [0.2, 0.25) is 0 Å². The Kier molecular flexibility index (Phi) is 3.84. The van der Waals surface area contributed by atoms with Crippen LogP contribution in [0, 0.1) is 0 Å². The van der Waals surface area contributed by atoms with Crippen molar-refractivity contribution in [1.82, 2.24) is 0 Å². The lowest BCUT2D eigenvalue weighted by Gasteiger charge is -2.05. The molecule has 1 rings (SSSR count). The molecule has 0 aliphatic carbocycles. The Morgan fingerprint density at radius 1 is 1.25 bits per heavy atom. The first-order chi connectivity index (χ1) is 7.60. The van der Waals surface area contributed by atoms with E-state index in [0.717, 1.165) is 16.7 Å². The topological polar surface area (TPSA) is 37.3 Å². The zero-order chi connectivity index (χ0) is 12.1. The van der Waals surface area contributed by atoms with Crippen LogP contribution in [0.1, 0.15) is 23.6 Å². The number of hydrogen-bond acceptors (Lipinski definition) is 1. The molecule has 0 spiro atoms. The van der Waals surface area contributed by atoms with Crippen LogP contribution >= 0.6 is 0 Å². The van der Waals surface area contributed by atoms with Crippen LogP contribution in [0.5, 0.6) is 0 Å². The van der Waals surface area contributed by atoms with E-state index in [1.54, 1.807) is 25.2 Å². The second kappa shape index (κ2) is 5.12. The van der Waals surface area contributed by atoms with Crippen molar-refractivity contribution in [3.8, 4) is 0 Å². The van der Waals surface area contributed by atoms with E-state index in [9.17, 15) is 4.79 Å². The summed E-state index contributed by atoms with van der Waals surface area (Å²) in [7, 11) is 0. The van der Waals surface area contributed by atoms with E-state index in [1.165, 1.54) is 0 Å². The zero-order valence-corrected chi connectivity index (χ0v) is 9.23. The number of carboxylic acids is 1. The average Bonchev–Trinajstić information content (AvgIpc) is 2.28. The quantitative estimate of drug-likeness (QED) is 0.779. The predicted octanol–water partition coefficient (Wildman–Crippen LogP) is 3.46. The van der Waals surface area contributed by atoms with Crippen LogP contribution in [0.2, 0.25) is 0 Å². The van der Waals surface area contributed by atoms with E-state index in [1.807, 2.05) is 18.2 Å². The van der Waals surface area contributed by atoms with E-state index in [-0.39, 0.29) is 0 Å². The molecule has 0 radical (unpaired) electrons. The van der Waals surface area contributed by atoms with Crippen LogP contribution in [0.25, 0.3) is 18.2 Å². The van der Waals surface area contributed by atoms with E-state index < -0.39 is 5.97 Å². The van der Waals surface area contributed by atoms with Gasteiger partial charge in [0, 0.05) is 5.57 Å². The molecular formula is C14H14O2. The minimum Gasteiger partial charge on any atom is -0.478 e. The molecule has 1 aromatic carbocycles. The molecule has 0 bridgehead atoms. The summed E-state index contributed by atoms with van der Waals surface area (Å²) >= 11 is 0. The highest BCUT2D eigenvalue weighted by Gasteiger charge is 2.04. The van der Waals surface area contributed by atoms with Gasteiger partial charge in [-0.2, -0.15) is 0 Å². The molecule has 0 saturated carbocycles. The lowest BCUT2D eigenvalue weighted by molar-refractivity contribution is -0.132. The molecule has 0 aliphatic rings. The van der Waals surface area contributed by atoms with Crippen molar-refractivity contribution < 1.29 is 9.90 Å². The third-order valence-electron chi connectivity index (χ3n) is 2.31. The maximum absolute atomic E-state index is 10.7. The van der Waals surface area contributed by atoms with Gasteiger partial charge in [-0.1, -0.05) is 43.5 Å². The minimum absolute atomic E-state index is 0.296. The average molecular weight is 214 g/mol. The highest BCUT2D eigenvalue weighted by Crippen LogP contribution is 2.20. The summed E-state index contributed by atoms with van der Waals surface area (Å²) in [5.74, 6) is -0.918. The van der Waals surface area contributed by atoms with E-state index in [0.29, 0.717) is 5.57 Å². The third-order valence-corrected chi connectivity index (χ3v) is 2.31. The molecule has 2 nitrogen and oxygen atoms in total. The molecule has 0 aliphatic heterocycles. The summed E-state index contributed by atoms with van der Waals surface area (Å²) in [6.45, 7) is 9.00. The number of carboxylic acid groups (broad SMARTS) is 1. The van der Waals surface area contributed by atoms with Gasteiger partial charge in [0.15, 0.2) is 0 Å². The first-order valence-corrected chi connectivity index (χ1v) is 4.89. The van der Waals surface area contributed by atoms with Crippen LogP contribution in [0.4, 0.5) is 0 Å². The first-order valence-electron chi connectivity index (χ1n) is 4.89. The van der Waals surface area contributed by atoms with Gasteiger partial charge in [0.05, 0.1) is 0 Å². The van der Waals surface area contributed by atoms with Crippen molar-refractivity contribution in [2.75, 3.05) is 0 Å². The second-order valence-corrected chi connectivity index (χ2v) is 3.39. The number of aliphatic carboxylic acids is 1. The maximum atomic E-state index is 10.7. The van der Waals surface area contributed by atoms with E-state index in [2.05, 4.69) is 13.2 Å². The van der Waals surface area contributed by atoms with Crippen molar-refractivity contribution >= 4 is 24.2 Å². The molecule has 0 amide bonds. The van der Waals surface area contributed by atoms with Crippen LogP contribution in [-0.2, 0) is 4.79 Å². The van der Waals surface area contributed by atoms with Crippen LogP contribution in [-0.4, -0.2) is 11.1 Å². The second-order valence-electron chi connectivity index (χ2n) is 3.39. The maximum Gasteiger partial charge on any atom is 0.331 e. The highest BCUT2D eigenvalue weighted by atomic mass is 16.4. The molecule has 1 N–H and O–H groups in total. The van der Waals surface area contributed by atoms with Crippen LogP contribution in [0.15, 0.2) is 36.9 Å². The molecule has 0 fully saturated rings. The molecule has 2 heteroatoms. The number of hydrogen-bond donors (Lipinski definition) is 1. The minimum atomic E-state index is -0.918. The standard InChI is InChI=1S/C14H14O2/c1-4-11-7-6-8-12(13(11)5-2)9-10(3)14(15)16/h4-9H,1-2H2,3H3,(H,15,16)/b10-9+.